The highest BCUT2D eigenvalue weighted by molar-refractivity contribution is 5.89. The molecule has 0 aromatic carbocycles. The molecule has 3 heterocycles. The lowest BCUT2D eigenvalue weighted by Crippen LogP contribution is -2.34. The molecule has 1 unspecified atom stereocenters. The molecule has 0 radical (unpaired) electrons. The van der Waals surface area contributed by atoms with Gasteiger partial charge in [0, 0.05) is 25.8 Å². The maximum Gasteiger partial charge on any atom is 0.159 e. The summed E-state index contributed by atoms with van der Waals surface area (Å²) in [6.45, 7) is 6.69. The molecule has 1 atom stereocenters. The molecule has 0 saturated carbocycles. The van der Waals surface area contributed by atoms with Crippen LogP contribution in [-0.4, -0.2) is 27.9 Å². The molecule has 1 fully saturated rings. The molecule has 0 bridgehead atoms. The van der Waals surface area contributed by atoms with Gasteiger partial charge in [0.15, 0.2) is 5.65 Å². The molecule has 0 spiro atoms. The third kappa shape index (κ3) is 1.85. The molecule has 1 saturated heterocycles. The molecule has 0 amide bonds. The maximum absolute atomic E-state index is 4.58. The first-order valence-corrected chi connectivity index (χ1v) is 6.69. The molecule has 18 heavy (non-hydrogen) atoms. The Hall–Kier alpha value is -1.58. The summed E-state index contributed by atoms with van der Waals surface area (Å²) in [6.07, 6.45) is 4.57. The standard InChI is InChI=1S/C14H20N4/c1-10-5-4-6-18(9-10)13-7-11(2)16-14-12(13)8-15-17(14)3/h7-8,10H,4-6,9H2,1-3H3. The lowest BCUT2D eigenvalue weighted by molar-refractivity contribution is 0.447. The van der Waals surface area contributed by atoms with E-state index in [2.05, 4.69) is 34.9 Å². The van der Waals surface area contributed by atoms with Crippen LogP contribution in [0.25, 0.3) is 11.0 Å². The number of fused-ring (bicyclic) bond motifs is 1. The Bertz CT molecular complexity index is 572. The van der Waals surface area contributed by atoms with Crippen molar-refractivity contribution in [2.75, 3.05) is 18.0 Å². The fourth-order valence-electron chi connectivity index (χ4n) is 2.89. The molecule has 0 N–H and O–H groups in total. The second-order valence-corrected chi connectivity index (χ2v) is 5.48. The highest BCUT2D eigenvalue weighted by Gasteiger charge is 2.20. The molecular weight excluding hydrogens is 224 g/mol. The number of rotatable bonds is 1. The fourth-order valence-corrected chi connectivity index (χ4v) is 2.89. The Kier molecular flexibility index (Phi) is 2.73. The van der Waals surface area contributed by atoms with Crippen molar-refractivity contribution in [2.45, 2.75) is 26.7 Å². The molecule has 1 aliphatic heterocycles. The van der Waals surface area contributed by atoms with Crippen molar-refractivity contribution in [3.63, 3.8) is 0 Å². The van der Waals surface area contributed by atoms with Gasteiger partial charge in [-0.05, 0) is 31.7 Å². The van der Waals surface area contributed by atoms with E-state index in [9.17, 15) is 0 Å². The number of hydrogen-bond donors (Lipinski definition) is 0. The molecule has 2 aromatic heterocycles. The van der Waals surface area contributed by atoms with Crippen LogP contribution in [0.5, 0.6) is 0 Å². The fraction of sp³-hybridized carbons (Fsp3) is 0.571. The van der Waals surface area contributed by atoms with E-state index in [1.54, 1.807) is 0 Å². The van der Waals surface area contributed by atoms with E-state index in [4.69, 9.17) is 0 Å². The lowest BCUT2D eigenvalue weighted by Gasteiger charge is -2.33. The van der Waals surface area contributed by atoms with Crippen molar-refractivity contribution >= 4 is 16.7 Å². The third-order valence-corrected chi connectivity index (χ3v) is 3.81. The molecule has 3 rings (SSSR count). The topological polar surface area (TPSA) is 34.0 Å². The van der Waals surface area contributed by atoms with Crippen molar-refractivity contribution in [3.8, 4) is 0 Å². The minimum Gasteiger partial charge on any atom is -0.371 e. The zero-order valence-corrected chi connectivity index (χ0v) is 11.3. The van der Waals surface area contributed by atoms with E-state index < -0.39 is 0 Å². The Morgan fingerprint density at radius 1 is 1.39 bits per heavy atom. The zero-order valence-electron chi connectivity index (χ0n) is 11.3. The van der Waals surface area contributed by atoms with Crippen LogP contribution in [0.4, 0.5) is 5.69 Å². The second kappa shape index (κ2) is 4.26. The summed E-state index contributed by atoms with van der Waals surface area (Å²) in [4.78, 5) is 7.08. The van der Waals surface area contributed by atoms with Gasteiger partial charge in [-0.1, -0.05) is 6.92 Å². The molecule has 96 valence electrons. The average molecular weight is 244 g/mol. The van der Waals surface area contributed by atoms with Crippen molar-refractivity contribution in [2.24, 2.45) is 13.0 Å². The van der Waals surface area contributed by atoms with E-state index in [1.807, 2.05) is 17.9 Å². The van der Waals surface area contributed by atoms with Gasteiger partial charge in [-0.15, -0.1) is 0 Å². The normalized spacial score (nSPS) is 20.6. The third-order valence-electron chi connectivity index (χ3n) is 3.81. The summed E-state index contributed by atoms with van der Waals surface area (Å²) in [6, 6.07) is 2.20. The SMILES string of the molecule is Cc1cc(N2CCCC(C)C2)c2cnn(C)c2n1. The number of pyridine rings is 1. The lowest BCUT2D eigenvalue weighted by atomic mass is 9.99. The van der Waals surface area contributed by atoms with Crippen molar-refractivity contribution < 1.29 is 0 Å². The molecule has 1 aliphatic rings. The van der Waals surface area contributed by atoms with E-state index in [0.29, 0.717) is 0 Å². The highest BCUT2D eigenvalue weighted by Crippen LogP contribution is 2.29. The highest BCUT2D eigenvalue weighted by atomic mass is 15.3. The van der Waals surface area contributed by atoms with Crippen LogP contribution in [-0.2, 0) is 7.05 Å². The smallest absolute Gasteiger partial charge is 0.159 e. The molecule has 4 nitrogen and oxygen atoms in total. The van der Waals surface area contributed by atoms with Gasteiger partial charge in [-0.2, -0.15) is 5.10 Å². The van der Waals surface area contributed by atoms with Gasteiger partial charge in [0.25, 0.3) is 0 Å². The van der Waals surface area contributed by atoms with E-state index in [-0.39, 0.29) is 0 Å². The summed E-state index contributed by atoms with van der Waals surface area (Å²) in [5.41, 5.74) is 3.36. The second-order valence-electron chi connectivity index (χ2n) is 5.48. The molecular formula is C14H20N4. The van der Waals surface area contributed by atoms with Crippen LogP contribution in [0.1, 0.15) is 25.5 Å². The Morgan fingerprint density at radius 3 is 3.00 bits per heavy atom. The number of aryl methyl sites for hydroxylation is 2. The quantitative estimate of drug-likeness (QED) is 0.773. The van der Waals surface area contributed by atoms with Crippen molar-refractivity contribution in [3.05, 3.63) is 18.0 Å². The van der Waals surface area contributed by atoms with Gasteiger partial charge in [0.2, 0.25) is 0 Å². The number of hydrogen-bond acceptors (Lipinski definition) is 3. The first-order valence-electron chi connectivity index (χ1n) is 6.69. The first kappa shape index (κ1) is 11.5. The largest absolute Gasteiger partial charge is 0.371 e. The summed E-state index contributed by atoms with van der Waals surface area (Å²) in [5.74, 6) is 0.777. The Labute approximate surface area is 108 Å². The summed E-state index contributed by atoms with van der Waals surface area (Å²) >= 11 is 0. The van der Waals surface area contributed by atoms with Crippen molar-refractivity contribution in [1.29, 1.82) is 0 Å². The van der Waals surface area contributed by atoms with Crippen LogP contribution in [0, 0.1) is 12.8 Å². The minimum atomic E-state index is 0.777. The van der Waals surface area contributed by atoms with Gasteiger partial charge in [0.05, 0.1) is 17.3 Å². The Balaban J connectivity index is 2.10. The molecule has 2 aromatic rings. The number of aromatic nitrogens is 3. The average Bonchev–Trinajstić information content (AvgIpc) is 2.70. The van der Waals surface area contributed by atoms with Crippen LogP contribution in [0.3, 0.4) is 0 Å². The van der Waals surface area contributed by atoms with E-state index >= 15 is 0 Å². The predicted molar refractivity (Wildman–Crippen MR) is 73.9 cm³/mol. The van der Waals surface area contributed by atoms with Crippen LogP contribution in [0.15, 0.2) is 12.3 Å². The van der Waals surface area contributed by atoms with Gasteiger partial charge < -0.3 is 4.90 Å². The minimum absolute atomic E-state index is 0.777. The Morgan fingerprint density at radius 2 is 2.22 bits per heavy atom. The van der Waals surface area contributed by atoms with Crippen LogP contribution >= 0.6 is 0 Å². The molecule has 0 aliphatic carbocycles. The number of nitrogens with zero attached hydrogens (tertiary/aromatic N) is 4. The van der Waals surface area contributed by atoms with Crippen molar-refractivity contribution in [1.82, 2.24) is 14.8 Å². The first-order chi connectivity index (χ1) is 8.65. The van der Waals surface area contributed by atoms with E-state index in [0.717, 1.165) is 30.3 Å². The molecule has 4 heteroatoms. The van der Waals surface area contributed by atoms with Crippen LogP contribution < -0.4 is 4.90 Å². The monoisotopic (exact) mass is 244 g/mol. The summed E-state index contributed by atoms with van der Waals surface area (Å²) < 4.78 is 1.86. The zero-order chi connectivity index (χ0) is 12.7. The number of anilines is 1. The predicted octanol–water partition coefficient (Wildman–Crippen LogP) is 2.51. The van der Waals surface area contributed by atoms with Gasteiger partial charge in [-0.3, -0.25) is 4.68 Å². The van der Waals surface area contributed by atoms with Gasteiger partial charge in [-0.25, -0.2) is 4.98 Å². The van der Waals surface area contributed by atoms with Gasteiger partial charge >= 0.3 is 0 Å². The number of piperidine rings is 1. The summed E-state index contributed by atoms with van der Waals surface area (Å²) in [7, 11) is 1.96. The van der Waals surface area contributed by atoms with Gasteiger partial charge in [0.1, 0.15) is 0 Å². The van der Waals surface area contributed by atoms with Crippen LogP contribution in [0.2, 0.25) is 0 Å². The summed E-state index contributed by atoms with van der Waals surface area (Å²) in [5, 5.41) is 5.52. The maximum atomic E-state index is 4.58. The van der Waals surface area contributed by atoms with E-state index in [1.165, 1.54) is 23.9 Å².